The first-order valence-corrected chi connectivity index (χ1v) is 12.5. The van der Waals surface area contributed by atoms with Gasteiger partial charge in [-0.1, -0.05) is 65.8 Å². The molecule has 0 spiro atoms. The summed E-state index contributed by atoms with van der Waals surface area (Å²) in [5.41, 5.74) is 9.25. The molecule has 4 heterocycles. The molecule has 6 heteroatoms. The first-order valence-electron chi connectivity index (χ1n) is 12.5. The quantitative estimate of drug-likeness (QED) is 0.227. The van der Waals surface area contributed by atoms with E-state index in [2.05, 4.69) is 40.2 Å². The molecular weight excluding hydrogens is 472 g/mol. The molecule has 186 valence electrons. The third-order valence-corrected chi connectivity index (χ3v) is 6.95. The van der Waals surface area contributed by atoms with E-state index in [9.17, 15) is 4.79 Å². The number of pyridine rings is 2. The predicted molar refractivity (Wildman–Crippen MR) is 148 cm³/mol. The van der Waals surface area contributed by atoms with Gasteiger partial charge in [0.1, 0.15) is 11.8 Å². The maximum Gasteiger partial charge on any atom is 0.159 e. The maximum absolute atomic E-state index is 11.9. The second-order valence-electron chi connectivity index (χ2n) is 9.44. The smallest absolute Gasteiger partial charge is 0.159 e. The van der Waals surface area contributed by atoms with E-state index < -0.39 is 0 Å². The van der Waals surface area contributed by atoms with Crippen LogP contribution >= 0.6 is 0 Å². The van der Waals surface area contributed by atoms with Crippen molar-refractivity contribution in [3.63, 3.8) is 0 Å². The number of aryl methyl sites for hydroxylation is 2. The molecule has 1 unspecified atom stereocenters. The third kappa shape index (κ3) is 4.10. The Morgan fingerprint density at radius 2 is 1.66 bits per heavy atom. The predicted octanol–water partition coefficient (Wildman–Crippen LogP) is 7.21. The highest BCUT2D eigenvalue weighted by molar-refractivity contribution is 5.97. The van der Waals surface area contributed by atoms with E-state index in [1.165, 1.54) is 0 Å². The van der Waals surface area contributed by atoms with E-state index in [0.29, 0.717) is 5.56 Å². The molecular formula is C32H26N4O2. The average Bonchev–Trinajstić information content (AvgIpc) is 3.49. The van der Waals surface area contributed by atoms with Crippen molar-refractivity contribution in [2.75, 3.05) is 0 Å². The van der Waals surface area contributed by atoms with Crippen LogP contribution in [0.15, 0.2) is 102 Å². The van der Waals surface area contributed by atoms with Crippen LogP contribution in [0.1, 0.15) is 46.0 Å². The Bertz CT molecular complexity index is 1690. The number of carbonyl (C=O) groups is 1. The topological polar surface area (TPSA) is 73.8 Å². The molecule has 0 bridgehead atoms. The van der Waals surface area contributed by atoms with E-state index >= 15 is 0 Å². The molecule has 0 aliphatic rings. The van der Waals surface area contributed by atoms with Gasteiger partial charge in [0.15, 0.2) is 5.78 Å². The maximum atomic E-state index is 11.9. The Morgan fingerprint density at radius 3 is 2.32 bits per heavy atom. The van der Waals surface area contributed by atoms with Crippen molar-refractivity contribution in [2.45, 2.75) is 26.8 Å². The molecule has 6 rings (SSSR count). The van der Waals surface area contributed by atoms with Gasteiger partial charge in [-0.3, -0.25) is 14.8 Å². The average molecular weight is 499 g/mol. The van der Waals surface area contributed by atoms with E-state index in [1.54, 1.807) is 6.92 Å². The summed E-state index contributed by atoms with van der Waals surface area (Å²) in [5, 5.41) is 4.15. The van der Waals surface area contributed by atoms with E-state index in [1.807, 2.05) is 80.8 Å². The van der Waals surface area contributed by atoms with E-state index in [4.69, 9.17) is 14.5 Å². The Morgan fingerprint density at radius 1 is 0.895 bits per heavy atom. The molecule has 38 heavy (non-hydrogen) atoms. The molecule has 0 saturated heterocycles. The first kappa shape index (κ1) is 23.6. The van der Waals surface area contributed by atoms with Crippen LogP contribution in [0.25, 0.3) is 33.3 Å². The summed E-state index contributed by atoms with van der Waals surface area (Å²) in [4.78, 5) is 21.6. The molecule has 6 nitrogen and oxygen atoms in total. The van der Waals surface area contributed by atoms with Crippen LogP contribution in [0.4, 0.5) is 0 Å². The molecule has 0 aliphatic carbocycles. The molecule has 0 saturated carbocycles. The first-order chi connectivity index (χ1) is 18.5. The summed E-state index contributed by atoms with van der Waals surface area (Å²) in [7, 11) is 0. The van der Waals surface area contributed by atoms with Crippen molar-refractivity contribution in [2.24, 2.45) is 0 Å². The van der Waals surface area contributed by atoms with Crippen LogP contribution < -0.4 is 0 Å². The summed E-state index contributed by atoms with van der Waals surface area (Å²) in [6.45, 7) is 5.44. The molecule has 2 aromatic carbocycles. The molecule has 4 aromatic heterocycles. The van der Waals surface area contributed by atoms with Gasteiger partial charge in [-0.25, -0.2) is 0 Å². The SMILES string of the molecule is CC(=O)c1ccc(-c2cn(C(c3ccccc3)c3ccccn3)c3cc(-c4c(C)noc4C)cnc23)cc1. The second kappa shape index (κ2) is 9.56. The number of carbonyl (C=O) groups excluding carboxylic acids is 1. The highest BCUT2D eigenvalue weighted by Gasteiger charge is 2.24. The van der Waals surface area contributed by atoms with Crippen molar-refractivity contribution in [1.29, 1.82) is 0 Å². The third-order valence-electron chi connectivity index (χ3n) is 6.95. The second-order valence-corrected chi connectivity index (χ2v) is 9.44. The minimum atomic E-state index is -0.174. The zero-order chi connectivity index (χ0) is 26.2. The Kier molecular flexibility index (Phi) is 5.92. The lowest BCUT2D eigenvalue weighted by Crippen LogP contribution is -2.13. The zero-order valence-electron chi connectivity index (χ0n) is 21.4. The highest BCUT2D eigenvalue weighted by Crippen LogP contribution is 2.38. The van der Waals surface area contributed by atoms with Crippen LogP contribution in [0.2, 0.25) is 0 Å². The Balaban J connectivity index is 1.63. The summed E-state index contributed by atoms with van der Waals surface area (Å²) < 4.78 is 7.71. The fraction of sp³-hybridized carbons (Fsp3) is 0.125. The number of benzene rings is 2. The van der Waals surface area contributed by atoms with E-state index in [0.717, 1.165) is 56.0 Å². The van der Waals surface area contributed by atoms with Gasteiger partial charge < -0.3 is 9.09 Å². The largest absolute Gasteiger partial charge is 0.361 e. The van der Waals surface area contributed by atoms with Crippen molar-refractivity contribution in [1.82, 2.24) is 19.7 Å². The number of rotatable bonds is 6. The Hall–Kier alpha value is -4.84. The van der Waals surface area contributed by atoms with Crippen LogP contribution in [0, 0.1) is 13.8 Å². The molecule has 6 aromatic rings. The van der Waals surface area contributed by atoms with Crippen LogP contribution in [-0.2, 0) is 0 Å². The Labute approximate surface area is 220 Å². The zero-order valence-corrected chi connectivity index (χ0v) is 21.4. The van der Waals surface area contributed by atoms with E-state index in [-0.39, 0.29) is 11.8 Å². The number of hydrogen-bond acceptors (Lipinski definition) is 5. The number of aromatic nitrogens is 4. The lowest BCUT2D eigenvalue weighted by molar-refractivity contribution is 0.101. The van der Waals surface area contributed by atoms with Gasteiger partial charge >= 0.3 is 0 Å². The minimum Gasteiger partial charge on any atom is -0.361 e. The van der Waals surface area contributed by atoms with Gasteiger partial charge in [0.05, 0.1) is 22.4 Å². The van der Waals surface area contributed by atoms with Gasteiger partial charge in [0.2, 0.25) is 0 Å². The van der Waals surface area contributed by atoms with Crippen LogP contribution in [-0.4, -0.2) is 25.5 Å². The minimum absolute atomic E-state index is 0.0421. The van der Waals surface area contributed by atoms with Crippen molar-refractivity contribution >= 4 is 16.8 Å². The molecule has 0 N–H and O–H groups in total. The summed E-state index contributed by atoms with van der Waals surface area (Å²) in [6, 6.07) is 26.0. The lowest BCUT2D eigenvalue weighted by atomic mass is 10.0. The van der Waals surface area contributed by atoms with Gasteiger partial charge in [-0.05, 0) is 50.1 Å². The normalized spacial score (nSPS) is 12.1. The van der Waals surface area contributed by atoms with Crippen molar-refractivity contribution in [3.8, 4) is 22.3 Å². The van der Waals surface area contributed by atoms with Gasteiger partial charge in [-0.2, -0.15) is 0 Å². The fourth-order valence-corrected chi connectivity index (χ4v) is 5.12. The number of ketones is 1. The number of Topliss-reactive ketones (excluding diaryl/α,β-unsaturated/α-hetero) is 1. The van der Waals surface area contributed by atoms with Gasteiger partial charge in [-0.15, -0.1) is 0 Å². The van der Waals surface area contributed by atoms with Crippen molar-refractivity contribution < 1.29 is 9.32 Å². The molecule has 0 fully saturated rings. The van der Waals surface area contributed by atoms with Crippen LogP contribution in [0.3, 0.4) is 0 Å². The molecule has 0 amide bonds. The monoisotopic (exact) mass is 498 g/mol. The summed E-state index contributed by atoms with van der Waals surface area (Å²) in [6.07, 6.45) is 5.85. The number of nitrogens with zero attached hydrogens (tertiary/aromatic N) is 4. The van der Waals surface area contributed by atoms with Crippen molar-refractivity contribution in [3.05, 3.63) is 126 Å². The number of hydrogen-bond donors (Lipinski definition) is 0. The van der Waals surface area contributed by atoms with Gasteiger partial charge in [0, 0.05) is 40.8 Å². The standard InChI is InChI=1S/C32H26N4O2/c1-20-30(22(3)38-35-20)26-17-29-31(34-18-26)27(24-14-12-23(13-15-24)21(2)37)19-36(29)32(25-9-5-4-6-10-25)28-11-7-8-16-33-28/h4-19,32H,1-3H3. The fourth-order valence-electron chi connectivity index (χ4n) is 5.12. The summed E-state index contributed by atoms with van der Waals surface area (Å²) >= 11 is 0. The number of fused-ring (bicyclic) bond motifs is 1. The highest BCUT2D eigenvalue weighted by atomic mass is 16.5. The lowest BCUT2D eigenvalue weighted by Gasteiger charge is -2.20. The molecule has 0 aliphatic heterocycles. The molecule has 0 radical (unpaired) electrons. The summed E-state index contributed by atoms with van der Waals surface area (Å²) in [5.74, 6) is 0.798. The van der Waals surface area contributed by atoms with Gasteiger partial charge in [0.25, 0.3) is 0 Å². The molecule has 1 atom stereocenters. The van der Waals surface area contributed by atoms with Crippen LogP contribution in [0.5, 0.6) is 0 Å².